The van der Waals surface area contributed by atoms with Gasteiger partial charge in [0.2, 0.25) is 5.91 Å². The van der Waals surface area contributed by atoms with Crippen molar-refractivity contribution >= 4 is 17.7 Å². The highest BCUT2D eigenvalue weighted by Crippen LogP contribution is 2.51. The van der Waals surface area contributed by atoms with Gasteiger partial charge >= 0.3 is 0 Å². The van der Waals surface area contributed by atoms with Crippen molar-refractivity contribution in [3.63, 3.8) is 0 Å². The second kappa shape index (κ2) is 9.53. The molecule has 0 saturated carbocycles. The molecular weight excluding hydrogens is 386 g/mol. The lowest BCUT2D eigenvalue weighted by molar-refractivity contribution is -0.121. The zero-order valence-corrected chi connectivity index (χ0v) is 18.5. The van der Waals surface area contributed by atoms with Crippen molar-refractivity contribution in [2.24, 2.45) is 0 Å². The van der Waals surface area contributed by atoms with Gasteiger partial charge in [0.05, 0.1) is 5.92 Å². The molecule has 0 bridgehead atoms. The maximum Gasteiger partial charge on any atom is 0.232 e. The zero-order valence-electron chi connectivity index (χ0n) is 17.7. The van der Waals surface area contributed by atoms with Crippen LogP contribution >= 0.6 is 11.8 Å². The Bertz CT molecular complexity index is 1010. The van der Waals surface area contributed by atoms with E-state index in [1.165, 1.54) is 21.6 Å². The van der Waals surface area contributed by atoms with Crippen LogP contribution in [0.15, 0.2) is 77.7 Å². The smallest absolute Gasteiger partial charge is 0.232 e. The molecule has 4 rings (SSSR count). The van der Waals surface area contributed by atoms with Crippen LogP contribution in [0.25, 0.3) is 11.1 Å². The lowest BCUT2D eigenvalue weighted by Crippen LogP contribution is -2.29. The van der Waals surface area contributed by atoms with Gasteiger partial charge in [-0.1, -0.05) is 80.9 Å². The summed E-state index contributed by atoms with van der Waals surface area (Å²) in [6, 6.07) is 25.6. The van der Waals surface area contributed by atoms with E-state index < -0.39 is 0 Å². The monoisotopic (exact) mass is 415 g/mol. The second-order valence-corrected chi connectivity index (χ2v) is 9.11. The van der Waals surface area contributed by atoms with Gasteiger partial charge in [0.1, 0.15) is 0 Å². The van der Waals surface area contributed by atoms with Crippen LogP contribution in [0.1, 0.15) is 61.0 Å². The van der Waals surface area contributed by atoms with Crippen LogP contribution in [0.5, 0.6) is 0 Å². The Kier molecular flexibility index (Phi) is 6.59. The lowest BCUT2D eigenvalue weighted by Gasteiger charge is -2.21. The number of thioether (sulfide) groups is 1. The molecule has 1 aliphatic rings. The third-order valence-electron chi connectivity index (χ3n) is 5.71. The third kappa shape index (κ3) is 4.04. The van der Waals surface area contributed by atoms with E-state index in [1.807, 2.05) is 17.8 Å². The van der Waals surface area contributed by atoms with Gasteiger partial charge in [0, 0.05) is 16.7 Å². The fourth-order valence-corrected chi connectivity index (χ4v) is 5.71. The van der Waals surface area contributed by atoms with Crippen LogP contribution in [0.3, 0.4) is 0 Å². The molecule has 154 valence electrons. The van der Waals surface area contributed by atoms with Crippen molar-refractivity contribution in [3.05, 3.63) is 89.5 Å². The van der Waals surface area contributed by atoms with Gasteiger partial charge in [-0.3, -0.25) is 4.79 Å². The Morgan fingerprint density at radius 1 is 0.900 bits per heavy atom. The SMILES string of the molecule is CCCNC(=O)C1c2ccccc2-c2c(C(CCC)Sc3ccccc3)cccc21. The number of rotatable bonds is 8. The topological polar surface area (TPSA) is 29.1 Å². The predicted molar refractivity (Wildman–Crippen MR) is 127 cm³/mol. The maximum absolute atomic E-state index is 13.1. The van der Waals surface area contributed by atoms with Crippen molar-refractivity contribution in [1.82, 2.24) is 5.32 Å². The van der Waals surface area contributed by atoms with Crippen LogP contribution < -0.4 is 5.32 Å². The number of carbonyl (C=O) groups is 1. The molecule has 0 aromatic heterocycles. The van der Waals surface area contributed by atoms with Gasteiger partial charge in [0.15, 0.2) is 0 Å². The van der Waals surface area contributed by atoms with Crippen molar-refractivity contribution in [2.45, 2.75) is 49.2 Å². The molecule has 2 nitrogen and oxygen atoms in total. The second-order valence-electron chi connectivity index (χ2n) is 7.83. The quantitative estimate of drug-likeness (QED) is 0.403. The van der Waals surface area contributed by atoms with E-state index in [4.69, 9.17) is 0 Å². The minimum atomic E-state index is -0.216. The highest BCUT2D eigenvalue weighted by atomic mass is 32.2. The molecule has 0 aliphatic heterocycles. The highest BCUT2D eigenvalue weighted by Gasteiger charge is 2.36. The van der Waals surface area contributed by atoms with Crippen LogP contribution in [-0.4, -0.2) is 12.5 Å². The summed E-state index contributed by atoms with van der Waals surface area (Å²) < 4.78 is 0. The van der Waals surface area contributed by atoms with Crippen LogP contribution in [-0.2, 0) is 4.79 Å². The van der Waals surface area contributed by atoms with E-state index in [0.29, 0.717) is 5.25 Å². The first-order chi connectivity index (χ1) is 14.7. The van der Waals surface area contributed by atoms with Gasteiger partial charge in [-0.05, 0) is 52.8 Å². The Morgan fingerprint density at radius 3 is 2.40 bits per heavy atom. The molecule has 2 unspecified atom stereocenters. The normalized spacial score (nSPS) is 15.3. The van der Waals surface area contributed by atoms with Crippen molar-refractivity contribution in [3.8, 4) is 11.1 Å². The molecule has 3 heteroatoms. The molecule has 0 saturated heterocycles. The lowest BCUT2D eigenvalue weighted by atomic mass is 9.93. The number of benzene rings is 3. The van der Waals surface area contributed by atoms with E-state index in [2.05, 4.69) is 85.9 Å². The van der Waals surface area contributed by atoms with Gasteiger partial charge in [-0.15, -0.1) is 11.8 Å². The summed E-state index contributed by atoms with van der Waals surface area (Å²) in [7, 11) is 0. The molecule has 1 amide bonds. The van der Waals surface area contributed by atoms with Gasteiger partial charge < -0.3 is 5.32 Å². The molecule has 0 fully saturated rings. The molecule has 0 spiro atoms. The maximum atomic E-state index is 13.1. The van der Waals surface area contributed by atoms with Crippen molar-refractivity contribution in [2.75, 3.05) is 6.54 Å². The molecule has 1 aliphatic carbocycles. The summed E-state index contributed by atoms with van der Waals surface area (Å²) in [4.78, 5) is 14.4. The third-order valence-corrected chi connectivity index (χ3v) is 7.03. The van der Waals surface area contributed by atoms with E-state index in [0.717, 1.165) is 36.9 Å². The number of nitrogens with one attached hydrogen (secondary N) is 1. The molecule has 3 aromatic carbocycles. The van der Waals surface area contributed by atoms with Crippen molar-refractivity contribution in [1.29, 1.82) is 0 Å². The van der Waals surface area contributed by atoms with E-state index in [1.54, 1.807) is 0 Å². The van der Waals surface area contributed by atoms with Crippen LogP contribution in [0.4, 0.5) is 0 Å². The first-order valence-electron chi connectivity index (χ1n) is 11.0. The summed E-state index contributed by atoms with van der Waals surface area (Å²) in [6.07, 6.45) is 3.17. The Labute approximate surface area is 184 Å². The number of hydrogen-bond acceptors (Lipinski definition) is 2. The van der Waals surface area contributed by atoms with Crippen LogP contribution in [0, 0.1) is 0 Å². The molecule has 30 heavy (non-hydrogen) atoms. The zero-order chi connectivity index (χ0) is 20.9. The summed E-state index contributed by atoms with van der Waals surface area (Å²) in [5, 5.41) is 3.48. The highest BCUT2D eigenvalue weighted by molar-refractivity contribution is 7.99. The van der Waals surface area contributed by atoms with Gasteiger partial charge in [0.25, 0.3) is 0 Å². The van der Waals surface area contributed by atoms with Crippen molar-refractivity contribution < 1.29 is 4.79 Å². The summed E-state index contributed by atoms with van der Waals surface area (Å²) in [5.41, 5.74) is 6.12. The van der Waals surface area contributed by atoms with Crippen LogP contribution in [0.2, 0.25) is 0 Å². The average molecular weight is 416 g/mol. The Morgan fingerprint density at radius 2 is 1.63 bits per heavy atom. The van der Waals surface area contributed by atoms with Gasteiger partial charge in [-0.2, -0.15) is 0 Å². The largest absolute Gasteiger partial charge is 0.355 e. The Balaban J connectivity index is 1.79. The van der Waals surface area contributed by atoms with E-state index in [9.17, 15) is 4.79 Å². The fraction of sp³-hybridized carbons (Fsp3) is 0.296. The average Bonchev–Trinajstić information content (AvgIpc) is 3.12. The molecule has 0 heterocycles. The number of hydrogen-bond donors (Lipinski definition) is 1. The first-order valence-corrected chi connectivity index (χ1v) is 11.8. The van der Waals surface area contributed by atoms with E-state index >= 15 is 0 Å². The fourth-order valence-electron chi connectivity index (χ4n) is 4.39. The molecule has 0 radical (unpaired) electrons. The molecule has 3 aromatic rings. The first kappa shape index (κ1) is 20.7. The number of amides is 1. The van der Waals surface area contributed by atoms with E-state index in [-0.39, 0.29) is 11.8 Å². The van der Waals surface area contributed by atoms with Gasteiger partial charge in [-0.25, -0.2) is 0 Å². The summed E-state index contributed by atoms with van der Waals surface area (Å²) in [5.74, 6) is -0.102. The standard InChI is InChI=1S/C27H29NOS/c1-3-11-24(30-19-12-6-5-7-13-19)22-16-10-17-23-25(22)20-14-8-9-15-21(20)26(23)27(29)28-18-4-2/h5-10,12-17,24,26H,3-4,11,18H2,1-2H3,(H,28,29). The molecule has 1 N–H and O–H groups in total. The molecular formula is C27H29NOS. The molecule has 2 atom stereocenters. The summed E-state index contributed by atoms with van der Waals surface area (Å²) >= 11 is 1.93. The summed E-state index contributed by atoms with van der Waals surface area (Å²) in [6.45, 7) is 5.05. The number of fused-ring (bicyclic) bond motifs is 3. The minimum absolute atomic E-state index is 0.114. The Hall–Kier alpha value is -2.52. The predicted octanol–water partition coefficient (Wildman–Crippen LogP) is 6.96. The minimum Gasteiger partial charge on any atom is -0.355 e. The number of carbonyl (C=O) groups excluding carboxylic acids is 1.